The molecule has 0 saturated carbocycles. The number of aliphatic hydroxyl groups is 1. The Kier molecular flexibility index (Phi) is 3.46. The van der Waals surface area contributed by atoms with Crippen molar-refractivity contribution in [3.05, 3.63) is 29.8 Å². The summed E-state index contributed by atoms with van der Waals surface area (Å²) in [6.45, 7) is 0.990. The van der Waals surface area contributed by atoms with Crippen LogP contribution in [-0.2, 0) is 0 Å². The van der Waals surface area contributed by atoms with Crippen molar-refractivity contribution in [2.24, 2.45) is 0 Å². The summed E-state index contributed by atoms with van der Waals surface area (Å²) in [6, 6.07) is 8.34. The molecule has 0 radical (unpaired) electrons. The molecule has 2 N–H and O–H groups in total. The van der Waals surface area contributed by atoms with Crippen LogP contribution in [0.5, 0.6) is 0 Å². The minimum absolute atomic E-state index is 0.0762. The third-order valence-corrected chi connectivity index (χ3v) is 3.18. The monoisotopic (exact) mass is 220 g/mol. The van der Waals surface area contributed by atoms with Gasteiger partial charge in [0.15, 0.2) is 0 Å². The van der Waals surface area contributed by atoms with Gasteiger partial charge in [-0.3, -0.25) is 0 Å². The first kappa shape index (κ1) is 11.4. The second-order valence-corrected chi connectivity index (χ2v) is 4.59. The van der Waals surface area contributed by atoms with Crippen molar-refractivity contribution >= 4 is 5.69 Å². The number of nitrogens with one attached hydrogen (secondary N) is 1. The Morgan fingerprint density at radius 3 is 2.75 bits per heavy atom. The number of hydrogen-bond donors (Lipinski definition) is 2. The molecule has 16 heavy (non-hydrogen) atoms. The second-order valence-electron chi connectivity index (χ2n) is 4.59. The summed E-state index contributed by atoms with van der Waals surface area (Å²) < 4.78 is 0. The van der Waals surface area contributed by atoms with Gasteiger partial charge in [-0.25, -0.2) is 0 Å². The Bertz CT molecular complexity index is 352. The second kappa shape index (κ2) is 4.85. The molecule has 1 aromatic carbocycles. The van der Waals surface area contributed by atoms with Crippen LogP contribution in [-0.4, -0.2) is 31.9 Å². The molecule has 1 saturated heterocycles. The van der Waals surface area contributed by atoms with Gasteiger partial charge in [0.05, 0.1) is 12.1 Å². The highest BCUT2D eigenvalue weighted by molar-refractivity contribution is 5.54. The molecule has 0 aliphatic carbocycles. The minimum Gasteiger partial charge on any atom is -0.391 e. The number of nitrogens with zero attached hydrogens (tertiary/aromatic N) is 1. The van der Waals surface area contributed by atoms with Crippen LogP contribution in [0.4, 0.5) is 5.69 Å². The highest BCUT2D eigenvalue weighted by atomic mass is 16.3. The molecular formula is C13H20N2O. The fraction of sp³-hybridized carbons (Fsp3) is 0.538. The van der Waals surface area contributed by atoms with Gasteiger partial charge >= 0.3 is 0 Å². The van der Waals surface area contributed by atoms with Crippen molar-refractivity contribution in [3.63, 3.8) is 0 Å². The smallest absolute Gasteiger partial charge is 0.0736 e. The molecule has 1 heterocycles. The van der Waals surface area contributed by atoms with Gasteiger partial charge in [0.25, 0.3) is 0 Å². The largest absolute Gasteiger partial charge is 0.391 e. The quantitative estimate of drug-likeness (QED) is 0.793. The Morgan fingerprint density at radius 1 is 1.31 bits per heavy atom. The molecule has 1 fully saturated rings. The Labute approximate surface area is 97.1 Å². The number of hydrogen-bond acceptors (Lipinski definition) is 3. The van der Waals surface area contributed by atoms with Crippen LogP contribution in [0.3, 0.4) is 0 Å². The predicted molar refractivity (Wildman–Crippen MR) is 66.8 cm³/mol. The van der Waals surface area contributed by atoms with Crippen molar-refractivity contribution in [1.82, 2.24) is 5.32 Å². The first-order valence-electron chi connectivity index (χ1n) is 5.88. The van der Waals surface area contributed by atoms with Gasteiger partial charge in [-0.05, 0) is 31.0 Å². The van der Waals surface area contributed by atoms with E-state index in [0.717, 1.165) is 19.4 Å². The first-order valence-corrected chi connectivity index (χ1v) is 5.88. The van der Waals surface area contributed by atoms with Gasteiger partial charge < -0.3 is 15.3 Å². The number of piperidine rings is 1. The lowest BCUT2D eigenvalue weighted by atomic mass is 9.93. The van der Waals surface area contributed by atoms with Crippen LogP contribution < -0.4 is 10.2 Å². The zero-order valence-electron chi connectivity index (χ0n) is 9.98. The maximum absolute atomic E-state index is 10.0. The Morgan fingerprint density at radius 2 is 2.06 bits per heavy atom. The molecular weight excluding hydrogens is 200 g/mol. The summed E-state index contributed by atoms with van der Waals surface area (Å²) in [6.07, 6.45) is 1.68. The van der Waals surface area contributed by atoms with Gasteiger partial charge in [-0.2, -0.15) is 0 Å². The zero-order valence-corrected chi connectivity index (χ0v) is 9.98. The van der Waals surface area contributed by atoms with Crippen LogP contribution in [0.2, 0.25) is 0 Å². The SMILES string of the molecule is CN(C)c1ccccc1C1NCCCC1O. The molecule has 1 aromatic rings. The maximum Gasteiger partial charge on any atom is 0.0736 e. The van der Waals surface area contributed by atoms with E-state index in [1.54, 1.807) is 0 Å². The summed E-state index contributed by atoms with van der Waals surface area (Å²) in [5.41, 5.74) is 2.38. The molecule has 0 spiro atoms. The van der Waals surface area contributed by atoms with Crippen LogP contribution in [0.1, 0.15) is 24.4 Å². The van der Waals surface area contributed by atoms with Crippen LogP contribution >= 0.6 is 0 Å². The fourth-order valence-corrected chi connectivity index (χ4v) is 2.35. The maximum atomic E-state index is 10.0. The lowest BCUT2D eigenvalue weighted by molar-refractivity contribution is 0.0967. The normalized spacial score (nSPS) is 25.4. The van der Waals surface area contributed by atoms with Crippen molar-refractivity contribution < 1.29 is 5.11 Å². The standard InChI is InChI=1S/C13H20N2O/c1-15(2)11-7-4-3-6-10(11)13-12(16)8-5-9-14-13/h3-4,6-7,12-14,16H,5,8-9H2,1-2H3. The lowest BCUT2D eigenvalue weighted by Gasteiger charge is -2.32. The van der Waals surface area contributed by atoms with Crippen molar-refractivity contribution in [2.75, 3.05) is 25.5 Å². The number of anilines is 1. The van der Waals surface area contributed by atoms with E-state index in [2.05, 4.69) is 22.3 Å². The van der Waals surface area contributed by atoms with Crippen molar-refractivity contribution in [1.29, 1.82) is 0 Å². The van der Waals surface area contributed by atoms with E-state index in [9.17, 15) is 5.11 Å². The van der Waals surface area contributed by atoms with Crippen molar-refractivity contribution in [2.45, 2.75) is 25.0 Å². The van der Waals surface area contributed by atoms with Gasteiger partial charge in [0.2, 0.25) is 0 Å². The van der Waals surface area contributed by atoms with E-state index >= 15 is 0 Å². The molecule has 0 bridgehead atoms. The topological polar surface area (TPSA) is 35.5 Å². The third kappa shape index (κ3) is 2.20. The molecule has 2 rings (SSSR count). The average molecular weight is 220 g/mol. The highest BCUT2D eigenvalue weighted by Gasteiger charge is 2.26. The molecule has 88 valence electrons. The average Bonchev–Trinajstić information content (AvgIpc) is 2.29. The molecule has 3 nitrogen and oxygen atoms in total. The number of para-hydroxylation sites is 1. The number of benzene rings is 1. The molecule has 0 aromatic heterocycles. The van der Waals surface area contributed by atoms with Crippen LogP contribution in [0.15, 0.2) is 24.3 Å². The number of rotatable bonds is 2. The summed E-state index contributed by atoms with van der Waals surface area (Å²) in [7, 11) is 4.07. The summed E-state index contributed by atoms with van der Waals surface area (Å²) >= 11 is 0. The van der Waals surface area contributed by atoms with E-state index in [0.29, 0.717) is 0 Å². The van der Waals surface area contributed by atoms with Gasteiger partial charge in [0.1, 0.15) is 0 Å². The zero-order chi connectivity index (χ0) is 11.5. The van der Waals surface area contributed by atoms with E-state index < -0.39 is 0 Å². The van der Waals surface area contributed by atoms with E-state index in [1.807, 2.05) is 26.2 Å². The lowest BCUT2D eigenvalue weighted by Crippen LogP contribution is -2.38. The Balaban J connectivity index is 2.31. The van der Waals surface area contributed by atoms with E-state index in [-0.39, 0.29) is 12.1 Å². The van der Waals surface area contributed by atoms with Gasteiger partial charge in [-0.1, -0.05) is 18.2 Å². The summed E-state index contributed by atoms with van der Waals surface area (Å²) in [4.78, 5) is 2.10. The fourth-order valence-electron chi connectivity index (χ4n) is 2.35. The van der Waals surface area contributed by atoms with Gasteiger partial charge in [-0.15, -0.1) is 0 Å². The molecule has 2 unspecified atom stereocenters. The van der Waals surface area contributed by atoms with Crippen LogP contribution in [0.25, 0.3) is 0 Å². The summed E-state index contributed by atoms with van der Waals surface area (Å²) in [5.74, 6) is 0. The molecule has 3 heteroatoms. The van der Waals surface area contributed by atoms with E-state index in [4.69, 9.17) is 0 Å². The summed E-state index contributed by atoms with van der Waals surface area (Å²) in [5, 5.41) is 13.5. The third-order valence-electron chi connectivity index (χ3n) is 3.18. The number of aliphatic hydroxyl groups excluding tert-OH is 1. The van der Waals surface area contributed by atoms with Crippen LogP contribution in [0, 0.1) is 0 Å². The molecule has 1 aliphatic heterocycles. The molecule has 2 atom stereocenters. The highest BCUT2D eigenvalue weighted by Crippen LogP contribution is 2.30. The predicted octanol–water partition coefficient (Wildman–Crippen LogP) is 1.54. The Hall–Kier alpha value is -1.06. The van der Waals surface area contributed by atoms with E-state index in [1.165, 1.54) is 11.3 Å². The first-order chi connectivity index (χ1) is 7.70. The molecule has 1 aliphatic rings. The molecule has 0 amide bonds. The van der Waals surface area contributed by atoms with Gasteiger partial charge in [0, 0.05) is 19.8 Å². The minimum atomic E-state index is -0.269. The van der Waals surface area contributed by atoms with Crippen molar-refractivity contribution in [3.8, 4) is 0 Å².